The van der Waals surface area contributed by atoms with Gasteiger partial charge in [-0.3, -0.25) is 4.79 Å². The summed E-state index contributed by atoms with van der Waals surface area (Å²) in [6, 6.07) is 15.2. The molecule has 0 spiro atoms. The number of H-pyrrole nitrogens is 1. The highest BCUT2D eigenvalue weighted by atomic mass is 79.9. The largest absolute Gasteiger partial charge is 0.374 e. The summed E-state index contributed by atoms with van der Waals surface area (Å²) in [6.45, 7) is 1.79. The molecule has 0 radical (unpaired) electrons. The van der Waals surface area contributed by atoms with E-state index in [1.165, 1.54) is 0 Å². The summed E-state index contributed by atoms with van der Waals surface area (Å²) in [5.74, 6) is -0.200. The minimum Gasteiger partial charge on any atom is -0.374 e. The Labute approximate surface area is 148 Å². The van der Waals surface area contributed by atoms with Crippen molar-refractivity contribution in [3.8, 4) is 0 Å². The minimum atomic E-state index is -0.397. The highest BCUT2D eigenvalue weighted by Gasteiger charge is 2.11. The molecule has 24 heavy (non-hydrogen) atoms. The van der Waals surface area contributed by atoms with Crippen LogP contribution in [-0.4, -0.2) is 23.1 Å². The zero-order valence-corrected chi connectivity index (χ0v) is 14.7. The van der Waals surface area contributed by atoms with Gasteiger partial charge in [0, 0.05) is 32.8 Å². The molecular weight excluding hydrogens is 368 g/mol. The maximum absolute atomic E-state index is 12.1. The molecule has 1 atom stereocenters. The number of benzene rings is 2. The van der Waals surface area contributed by atoms with Crippen LogP contribution in [0.2, 0.25) is 0 Å². The Morgan fingerprint density at radius 2 is 1.96 bits per heavy atom. The van der Waals surface area contributed by atoms with Crippen molar-refractivity contribution in [2.24, 2.45) is 5.10 Å². The summed E-state index contributed by atoms with van der Waals surface area (Å²) in [7, 11) is 0. The van der Waals surface area contributed by atoms with Gasteiger partial charge in [0.15, 0.2) is 0 Å². The lowest BCUT2D eigenvalue weighted by atomic mass is 10.2. The Kier molecular flexibility index (Phi) is 4.96. The van der Waals surface area contributed by atoms with Crippen LogP contribution >= 0.6 is 15.9 Å². The summed E-state index contributed by atoms with van der Waals surface area (Å²) in [5.41, 5.74) is 5.41. The molecule has 6 heteroatoms. The van der Waals surface area contributed by atoms with Crippen molar-refractivity contribution in [2.45, 2.75) is 13.0 Å². The quantitative estimate of drug-likeness (QED) is 0.461. The summed E-state index contributed by atoms with van der Waals surface area (Å²) in [5, 5.41) is 8.24. The molecule has 1 heterocycles. The number of nitrogens with one attached hydrogen (secondary N) is 3. The first-order valence-corrected chi connectivity index (χ1v) is 8.34. The molecule has 122 valence electrons. The van der Waals surface area contributed by atoms with E-state index >= 15 is 0 Å². The second-order valence-electron chi connectivity index (χ2n) is 5.40. The third-order valence-electron chi connectivity index (χ3n) is 3.62. The van der Waals surface area contributed by atoms with Crippen LogP contribution in [0.4, 0.5) is 5.69 Å². The maximum atomic E-state index is 12.1. The predicted molar refractivity (Wildman–Crippen MR) is 101 cm³/mol. The first kappa shape index (κ1) is 16.3. The number of carbonyl (C=O) groups is 1. The average molecular weight is 385 g/mol. The molecule has 3 aromatic rings. The Bertz CT molecular complexity index is 870. The van der Waals surface area contributed by atoms with Crippen molar-refractivity contribution in [2.75, 3.05) is 5.32 Å². The Morgan fingerprint density at radius 1 is 1.21 bits per heavy atom. The Hall–Kier alpha value is -2.60. The number of carbonyl (C=O) groups excluding carboxylic acids is 1. The monoisotopic (exact) mass is 384 g/mol. The van der Waals surface area contributed by atoms with Gasteiger partial charge in [-0.1, -0.05) is 34.1 Å². The first-order chi connectivity index (χ1) is 11.6. The number of rotatable bonds is 5. The van der Waals surface area contributed by atoms with Gasteiger partial charge in [0.25, 0.3) is 5.91 Å². The number of hydrazone groups is 1. The van der Waals surface area contributed by atoms with E-state index in [4.69, 9.17) is 0 Å². The summed E-state index contributed by atoms with van der Waals surface area (Å²) >= 11 is 3.38. The molecule has 1 amide bonds. The summed E-state index contributed by atoms with van der Waals surface area (Å²) in [4.78, 5) is 15.3. The van der Waals surface area contributed by atoms with E-state index in [0.717, 1.165) is 26.6 Å². The SMILES string of the molecule is C[C@H](Nc1ccc(Br)cc1)C(=O)N/N=C\c1c[nH]c2ccccc12. The van der Waals surface area contributed by atoms with Gasteiger partial charge >= 0.3 is 0 Å². The molecule has 0 aliphatic heterocycles. The van der Waals surface area contributed by atoms with Gasteiger partial charge in [0.2, 0.25) is 0 Å². The fourth-order valence-corrected chi connectivity index (χ4v) is 2.59. The van der Waals surface area contributed by atoms with E-state index < -0.39 is 6.04 Å². The predicted octanol–water partition coefficient (Wildman–Crippen LogP) is 3.88. The van der Waals surface area contributed by atoms with Crippen molar-refractivity contribution in [1.29, 1.82) is 0 Å². The molecule has 1 aromatic heterocycles. The third-order valence-corrected chi connectivity index (χ3v) is 4.15. The molecule has 2 aromatic carbocycles. The minimum absolute atomic E-state index is 0.200. The van der Waals surface area contributed by atoms with E-state index in [1.54, 1.807) is 13.1 Å². The fourth-order valence-electron chi connectivity index (χ4n) is 2.32. The number of aromatic nitrogens is 1. The molecule has 0 bridgehead atoms. The van der Waals surface area contributed by atoms with Crippen LogP contribution in [-0.2, 0) is 4.79 Å². The van der Waals surface area contributed by atoms with Crippen molar-refractivity contribution >= 4 is 44.6 Å². The number of aromatic amines is 1. The lowest BCUT2D eigenvalue weighted by Gasteiger charge is -2.13. The number of para-hydroxylation sites is 1. The van der Waals surface area contributed by atoms with Gasteiger partial charge in [-0.15, -0.1) is 0 Å². The molecule has 0 saturated carbocycles. The van der Waals surface area contributed by atoms with Gasteiger partial charge < -0.3 is 10.3 Å². The van der Waals surface area contributed by atoms with Crippen LogP contribution in [0, 0.1) is 0 Å². The zero-order chi connectivity index (χ0) is 16.9. The van der Waals surface area contributed by atoms with Crippen molar-refractivity contribution in [3.05, 3.63) is 64.8 Å². The first-order valence-electron chi connectivity index (χ1n) is 7.54. The standard InChI is InChI=1S/C18H17BrN4O/c1-12(22-15-8-6-14(19)7-9-15)18(24)23-21-11-13-10-20-17-5-3-2-4-16(13)17/h2-12,20,22H,1H3,(H,23,24)/b21-11-/t12-/m0/s1. The summed E-state index contributed by atoms with van der Waals surface area (Å²) in [6.07, 6.45) is 3.51. The van der Waals surface area contributed by atoms with Gasteiger partial charge in [-0.25, -0.2) is 5.43 Å². The Morgan fingerprint density at radius 3 is 2.75 bits per heavy atom. The maximum Gasteiger partial charge on any atom is 0.262 e. The second kappa shape index (κ2) is 7.31. The number of fused-ring (bicyclic) bond motifs is 1. The molecule has 3 N–H and O–H groups in total. The lowest BCUT2D eigenvalue weighted by Crippen LogP contribution is -2.34. The highest BCUT2D eigenvalue weighted by Crippen LogP contribution is 2.16. The molecule has 0 unspecified atom stereocenters. The zero-order valence-electron chi connectivity index (χ0n) is 13.1. The molecular formula is C18H17BrN4O. The number of nitrogens with zero attached hydrogens (tertiary/aromatic N) is 1. The van der Waals surface area contributed by atoms with Crippen LogP contribution in [0.1, 0.15) is 12.5 Å². The highest BCUT2D eigenvalue weighted by molar-refractivity contribution is 9.10. The van der Waals surface area contributed by atoms with E-state index in [-0.39, 0.29) is 5.91 Å². The normalized spacial score (nSPS) is 12.4. The van der Waals surface area contributed by atoms with Crippen LogP contribution in [0.25, 0.3) is 10.9 Å². The number of anilines is 1. The lowest BCUT2D eigenvalue weighted by molar-refractivity contribution is -0.121. The molecule has 3 rings (SSSR count). The van der Waals surface area contributed by atoms with E-state index in [9.17, 15) is 4.79 Å². The van der Waals surface area contributed by atoms with Crippen molar-refractivity contribution < 1.29 is 4.79 Å². The Balaban J connectivity index is 1.59. The molecule has 0 aliphatic rings. The number of amides is 1. The second-order valence-corrected chi connectivity index (χ2v) is 6.31. The van der Waals surface area contributed by atoms with Gasteiger partial charge in [0.1, 0.15) is 6.04 Å². The van der Waals surface area contributed by atoms with Gasteiger partial charge in [-0.2, -0.15) is 5.10 Å². The molecule has 0 aliphatic carbocycles. The van der Waals surface area contributed by atoms with E-state index in [2.05, 4.69) is 36.8 Å². The molecule has 5 nitrogen and oxygen atoms in total. The van der Waals surface area contributed by atoms with Crippen LogP contribution in [0.3, 0.4) is 0 Å². The van der Waals surface area contributed by atoms with Crippen LogP contribution in [0.5, 0.6) is 0 Å². The van der Waals surface area contributed by atoms with E-state index in [1.807, 2.05) is 54.7 Å². The van der Waals surface area contributed by atoms with Crippen LogP contribution < -0.4 is 10.7 Å². The van der Waals surface area contributed by atoms with Crippen molar-refractivity contribution in [3.63, 3.8) is 0 Å². The van der Waals surface area contributed by atoms with Crippen LogP contribution in [0.15, 0.2) is 64.3 Å². The van der Waals surface area contributed by atoms with Gasteiger partial charge in [0.05, 0.1) is 6.21 Å². The average Bonchev–Trinajstić information content (AvgIpc) is 3.00. The number of hydrogen-bond donors (Lipinski definition) is 3. The van der Waals surface area contributed by atoms with Gasteiger partial charge in [-0.05, 0) is 37.3 Å². The molecule has 0 saturated heterocycles. The van der Waals surface area contributed by atoms with E-state index in [0.29, 0.717) is 0 Å². The summed E-state index contributed by atoms with van der Waals surface area (Å²) < 4.78 is 0.994. The third kappa shape index (κ3) is 3.83. The fraction of sp³-hybridized carbons (Fsp3) is 0.111. The number of hydrogen-bond acceptors (Lipinski definition) is 3. The topological polar surface area (TPSA) is 69.3 Å². The molecule has 0 fully saturated rings. The van der Waals surface area contributed by atoms with Crippen molar-refractivity contribution in [1.82, 2.24) is 10.4 Å². The number of halogens is 1. The smallest absolute Gasteiger partial charge is 0.262 e.